The normalized spacial score (nSPS) is 12.0. The summed E-state index contributed by atoms with van der Waals surface area (Å²) in [4.78, 5) is 41.8. The first kappa shape index (κ1) is 32.9. The SMILES string of the molecule is COc1ccccc1-n1nc(C(Nc2ccc(C(=N)N)cc2)c2cc(OC)c(OC(OC(C)=O)C(=O)N(C)C)c(OC)c2)[nH]c1=O. The first-order valence-corrected chi connectivity index (χ1v) is 13.8. The Bertz CT molecular complexity index is 1760. The predicted octanol–water partition coefficient (Wildman–Crippen LogP) is 2.43. The zero-order valence-corrected chi connectivity index (χ0v) is 26.1. The van der Waals surface area contributed by atoms with Crippen LogP contribution in [-0.4, -0.2) is 79.1 Å². The van der Waals surface area contributed by atoms with Crippen molar-refractivity contribution >= 4 is 23.4 Å². The number of amides is 1. The highest BCUT2D eigenvalue weighted by Gasteiger charge is 2.30. The number of hydrogen-bond donors (Lipinski definition) is 4. The van der Waals surface area contributed by atoms with Crippen molar-refractivity contribution in [2.24, 2.45) is 5.73 Å². The van der Waals surface area contributed by atoms with Gasteiger partial charge in [-0.3, -0.25) is 20.0 Å². The van der Waals surface area contributed by atoms with Crippen LogP contribution in [0.5, 0.6) is 23.0 Å². The maximum absolute atomic E-state index is 13.2. The molecule has 5 N–H and O–H groups in total. The summed E-state index contributed by atoms with van der Waals surface area (Å²) in [6.45, 7) is 1.15. The third kappa shape index (κ3) is 7.20. The number of esters is 1. The summed E-state index contributed by atoms with van der Waals surface area (Å²) in [5.41, 5.74) is 7.15. The number of para-hydroxylation sites is 2. The lowest BCUT2D eigenvalue weighted by Gasteiger charge is -2.25. The van der Waals surface area contributed by atoms with Crippen LogP contribution in [0.1, 0.15) is 29.9 Å². The molecule has 4 rings (SSSR count). The quantitative estimate of drug-likeness (QED) is 0.0730. The molecule has 242 valence electrons. The maximum Gasteiger partial charge on any atom is 0.348 e. The van der Waals surface area contributed by atoms with Crippen LogP contribution in [0.25, 0.3) is 5.69 Å². The van der Waals surface area contributed by atoms with E-state index in [9.17, 15) is 14.4 Å². The molecular weight excluding hydrogens is 598 g/mol. The molecule has 0 aliphatic carbocycles. The number of benzene rings is 3. The fraction of sp³-hybridized carbons (Fsp3) is 0.258. The number of H-pyrrole nitrogens is 1. The van der Waals surface area contributed by atoms with Crippen LogP contribution in [-0.2, 0) is 14.3 Å². The molecule has 2 unspecified atom stereocenters. The lowest BCUT2D eigenvalue weighted by molar-refractivity contribution is -0.175. The Kier molecular flexibility index (Phi) is 10.2. The number of likely N-dealkylation sites (N-methyl/N-ethyl adjacent to an activating group) is 1. The Morgan fingerprint density at radius 2 is 1.59 bits per heavy atom. The van der Waals surface area contributed by atoms with Crippen molar-refractivity contribution in [1.29, 1.82) is 5.41 Å². The van der Waals surface area contributed by atoms with Crippen LogP contribution in [0.4, 0.5) is 5.69 Å². The summed E-state index contributed by atoms with van der Waals surface area (Å²) in [6.07, 6.45) is -1.62. The van der Waals surface area contributed by atoms with Gasteiger partial charge < -0.3 is 39.6 Å². The molecule has 1 amide bonds. The minimum Gasteiger partial charge on any atom is -0.494 e. The molecule has 1 heterocycles. The van der Waals surface area contributed by atoms with Crippen LogP contribution >= 0.6 is 0 Å². The molecule has 0 saturated carbocycles. The molecular formula is C31H35N7O8. The van der Waals surface area contributed by atoms with Gasteiger partial charge in [-0.1, -0.05) is 12.1 Å². The highest BCUT2D eigenvalue weighted by atomic mass is 16.7. The lowest BCUT2D eigenvalue weighted by Crippen LogP contribution is -2.40. The molecule has 0 saturated heterocycles. The number of aromatic amines is 1. The molecule has 2 atom stereocenters. The third-order valence-corrected chi connectivity index (χ3v) is 6.69. The first-order valence-electron chi connectivity index (χ1n) is 13.8. The smallest absolute Gasteiger partial charge is 0.348 e. The predicted molar refractivity (Wildman–Crippen MR) is 168 cm³/mol. The second-order valence-corrected chi connectivity index (χ2v) is 10.0. The Hall–Kier alpha value is -5.99. The van der Waals surface area contributed by atoms with Crippen molar-refractivity contribution in [2.75, 3.05) is 40.7 Å². The van der Waals surface area contributed by atoms with Crippen LogP contribution in [0, 0.1) is 5.41 Å². The standard InChI is InChI=1S/C31H35N7O8/c1-17(39)45-30(29(40)37(2)3)46-26-23(43-5)15-19(16-24(26)44-6)25(34-20-13-11-18(12-14-20)27(32)33)28-35-31(41)38(36-28)21-9-7-8-10-22(21)42-4/h7-16,25,30,34H,1-6H3,(H3,32,33)(H,35,36,41). The van der Waals surface area contributed by atoms with Crippen LogP contribution in [0.3, 0.4) is 0 Å². The number of rotatable bonds is 13. The van der Waals surface area contributed by atoms with Crippen molar-refractivity contribution in [3.63, 3.8) is 0 Å². The number of nitrogens with two attached hydrogens (primary N) is 1. The highest BCUT2D eigenvalue weighted by Crippen LogP contribution is 2.42. The third-order valence-electron chi connectivity index (χ3n) is 6.69. The van der Waals surface area contributed by atoms with Crippen molar-refractivity contribution in [2.45, 2.75) is 19.3 Å². The van der Waals surface area contributed by atoms with E-state index in [2.05, 4.69) is 15.4 Å². The Morgan fingerprint density at radius 1 is 0.978 bits per heavy atom. The van der Waals surface area contributed by atoms with Crippen LogP contribution in [0.15, 0.2) is 65.5 Å². The fourth-order valence-electron chi connectivity index (χ4n) is 4.44. The molecule has 46 heavy (non-hydrogen) atoms. The zero-order valence-electron chi connectivity index (χ0n) is 26.1. The number of anilines is 1. The molecule has 0 bridgehead atoms. The van der Waals surface area contributed by atoms with E-state index in [1.165, 1.54) is 45.0 Å². The maximum atomic E-state index is 13.2. The fourth-order valence-corrected chi connectivity index (χ4v) is 4.44. The number of aromatic nitrogens is 3. The van der Waals surface area contributed by atoms with Gasteiger partial charge in [-0.15, -0.1) is 5.10 Å². The van der Waals surface area contributed by atoms with E-state index in [1.807, 2.05) is 0 Å². The van der Waals surface area contributed by atoms with E-state index in [0.717, 1.165) is 6.92 Å². The summed E-state index contributed by atoms with van der Waals surface area (Å²) in [6, 6.07) is 16.1. The van der Waals surface area contributed by atoms with E-state index in [1.54, 1.807) is 60.7 Å². The monoisotopic (exact) mass is 633 g/mol. The minimum absolute atomic E-state index is 0.00666. The number of methoxy groups -OCH3 is 3. The molecule has 15 heteroatoms. The number of carbonyl (C=O) groups is 2. The largest absolute Gasteiger partial charge is 0.494 e. The second kappa shape index (κ2) is 14.2. The number of nitrogens with zero attached hydrogens (tertiary/aromatic N) is 3. The molecule has 0 fully saturated rings. The van der Waals surface area contributed by atoms with Crippen LogP contribution < -0.4 is 35.7 Å². The van der Waals surface area contributed by atoms with Gasteiger partial charge >= 0.3 is 23.9 Å². The molecule has 0 aliphatic rings. The van der Waals surface area contributed by atoms with Gasteiger partial charge in [-0.2, -0.15) is 4.68 Å². The van der Waals surface area contributed by atoms with E-state index in [-0.39, 0.29) is 28.9 Å². The van der Waals surface area contributed by atoms with Gasteiger partial charge in [0.15, 0.2) is 17.3 Å². The molecule has 0 spiro atoms. The van der Waals surface area contributed by atoms with Crippen molar-refractivity contribution < 1.29 is 33.3 Å². The van der Waals surface area contributed by atoms with Gasteiger partial charge in [-0.05, 0) is 54.1 Å². The molecule has 1 aromatic heterocycles. The average molecular weight is 634 g/mol. The topological polar surface area (TPSA) is 196 Å². The van der Waals surface area contributed by atoms with Gasteiger partial charge in [0.1, 0.15) is 23.3 Å². The molecule has 0 radical (unpaired) electrons. The van der Waals surface area contributed by atoms with E-state index < -0.39 is 29.9 Å². The van der Waals surface area contributed by atoms with Gasteiger partial charge in [0.2, 0.25) is 5.75 Å². The highest BCUT2D eigenvalue weighted by molar-refractivity contribution is 5.95. The first-order chi connectivity index (χ1) is 22.0. The number of nitrogens with one attached hydrogen (secondary N) is 3. The Labute approximate surface area is 264 Å². The summed E-state index contributed by atoms with van der Waals surface area (Å²) in [5.74, 6) is -0.552. The van der Waals surface area contributed by atoms with Crippen molar-refractivity contribution in [1.82, 2.24) is 19.7 Å². The summed E-state index contributed by atoms with van der Waals surface area (Å²) < 4.78 is 28.9. The average Bonchev–Trinajstić information content (AvgIpc) is 3.43. The molecule has 3 aromatic carbocycles. The van der Waals surface area contributed by atoms with E-state index in [4.69, 9.17) is 34.8 Å². The number of nitrogen functional groups attached to an aromatic ring is 1. The number of hydrogen-bond acceptors (Lipinski definition) is 11. The lowest BCUT2D eigenvalue weighted by atomic mass is 10.0. The number of amidine groups is 1. The Morgan fingerprint density at radius 3 is 2.13 bits per heavy atom. The molecule has 15 nitrogen and oxygen atoms in total. The molecule has 4 aromatic rings. The number of ether oxygens (including phenoxy) is 5. The number of carbonyl (C=O) groups excluding carboxylic acids is 2. The van der Waals surface area contributed by atoms with Gasteiger partial charge in [0.05, 0.1) is 21.3 Å². The summed E-state index contributed by atoms with van der Waals surface area (Å²) in [7, 11) is 7.25. The van der Waals surface area contributed by atoms with Gasteiger partial charge in [0, 0.05) is 32.3 Å². The van der Waals surface area contributed by atoms with E-state index >= 15 is 0 Å². The van der Waals surface area contributed by atoms with Gasteiger partial charge in [0.25, 0.3) is 0 Å². The second-order valence-electron chi connectivity index (χ2n) is 10.0. The van der Waals surface area contributed by atoms with Crippen molar-refractivity contribution in [3.8, 4) is 28.7 Å². The minimum atomic E-state index is -1.62. The van der Waals surface area contributed by atoms with E-state index in [0.29, 0.717) is 28.3 Å². The Balaban J connectivity index is 1.86. The molecule has 0 aliphatic heterocycles. The summed E-state index contributed by atoms with van der Waals surface area (Å²) >= 11 is 0. The van der Waals surface area contributed by atoms with Crippen molar-refractivity contribution in [3.05, 3.63) is 88.1 Å². The van der Waals surface area contributed by atoms with Crippen LogP contribution in [0.2, 0.25) is 0 Å². The summed E-state index contributed by atoms with van der Waals surface area (Å²) in [5, 5.41) is 15.7. The van der Waals surface area contributed by atoms with Gasteiger partial charge in [-0.25, -0.2) is 4.79 Å². The zero-order chi connectivity index (χ0) is 33.5.